The lowest BCUT2D eigenvalue weighted by molar-refractivity contribution is -0.138. The molecule has 2 unspecified atom stereocenters. The quantitative estimate of drug-likeness (QED) is 0.897. The van der Waals surface area contributed by atoms with E-state index in [9.17, 15) is 4.79 Å². The minimum atomic E-state index is -0.790. The van der Waals surface area contributed by atoms with E-state index in [-0.39, 0.29) is 12.6 Å². The van der Waals surface area contributed by atoms with Crippen molar-refractivity contribution >= 4 is 5.97 Å². The summed E-state index contributed by atoms with van der Waals surface area (Å²) in [6, 6.07) is 9.26. The van der Waals surface area contributed by atoms with Crippen LogP contribution in [0.4, 0.5) is 0 Å². The fraction of sp³-hybridized carbons (Fsp3) is 0.611. The Balaban J connectivity index is 1.64. The fourth-order valence-corrected chi connectivity index (χ4v) is 3.89. The molecule has 23 heavy (non-hydrogen) atoms. The lowest BCUT2D eigenvalue weighted by Gasteiger charge is -2.41. The monoisotopic (exact) mass is 318 g/mol. The lowest BCUT2D eigenvalue weighted by atomic mass is 9.86. The summed E-state index contributed by atoms with van der Waals surface area (Å²) in [5.74, 6) is -0.790. The van der Waals surface area contributed by atoms with Crippen LogP contribution in [0, 0.1) is 0 Å². The number of hydrogen-bond donors (Lipinski definition) is 1. The zero-order valence-corrected chi connectivity index (χ0v) is 13.8. The van der Waals surface area contributed by atoms with Crippen LogP contribution in [0.2, 0.25) is 0 Å². The maximum atomic E-state index is 10.8. The van der Waals surface area contributed by atoms with E-state index in [4.69, 9.17) is 9.84 Å². The molecule has 1 heterocycles. The van der Waals surface area contributed by atoms with Gasteiger partial charge in [-0.05, 0) is 37.4 Å². The Morgan fingerprint density at radius 1 is 1.43 bits per heavy atom. The topological polar surface area (TPSA) is 53.0 Å². The standard InChI is InChI=1S/C18H26N2O3/c1-19(13-18(21)22)11-15-12-20(9-10-23-15)17-8-4-6-14-5-2-3-7-16(14)17/h2-3,5,7,15,17H,4,6,8-13H2,1H3,(H,21,22). The molecule has 0 aromatic heterocycles. The molecule has 0 radical (unpaired) electrons. The Hall–Kier alpha value is -1.43. The number of benzene rings is 1. The van der Waals surface area contributed by atoms with E-state index in [1.807, 2.05) is 11.9 Å². The first-order valence-electron chi connectivity index (χ1n) is 8.47. The molecular weight excluding hydrogens is 292 g/mol. The van der Waals surface area contributed by atoms with Crippen LogP contribution in [0.5, 0.6) is 0 Å². The maximum Gasteiger partial charge on any atom is 0.317 e. The predicted molar refractivity (Wildman–Crippen MR) is 88.6 cm³/mol. The Labute approximate surface area is 137 Å². The van der Waals surface area contributed by atoms with Crippen molar-refractivity contribution in [3.8, 4) is 0 Å². The van der Waals surface area contributed by atoms with Gasteiger partial charge >= 0.3 is 5.97 Å². The van der Waals surface area contributed by atoms with Gasteiger partial charge in [-0.1, -0.05) is 24.3 Å². The van der Waals surface area contributed by atoms with Gasteiger partial charge in [0, 0.05) is 25.7 Å². The minimum Gasteiger partial charge on any atom is -0.480 e. The second-order valence-corrected chi connectivity index (χ2v) is 6.69. The Morgan fingerprint density at radius 2 is 2.26 bits per heavy atom. The molecule has 0 saturated carbocycles. The summed E-state index contributed by atoms with van der Waals surface area (Å²) >= 11 is 0. The van der Waals surface area contributed by atoms with Crippen molar-refractivity contribution < 1.29 is 14.6 Å². The molecule has 1 aromatic rings. The third-order valence-corrected chi connectivity index (χ3v) is 4.87. The van der Waals surface area contributed by atoms with E-state index in [1.54, 1.807) is 0 Å². The molecule has 126 valence electrons. The van der Waals surface area contributed by atoms with E-state index < -0.39 is 5.97 Å². The number of morpholine rings is 1. The smallest absolute Gasteiger partial charge is 0.317 e. The molecule has 1 N–H and O–H groups in total. The average molecular weight is 318 g/mol. The Kier molecular flexibility index (Phi) is 5.30. The zero-order chi connectivity index (χ0) is 16.2. The summed E-state index contributed by atoms with van der Waals surface area (Å²) in [7, 11) is 1.84. The molecule has 1 saturated heterocycles. The summed E-state index contributed by atoms with van der Waals surface area (Å²) in [4.78, 5) is 15.2. The number of rotatable bonds is 5. The number of carbonyl (C=O) groups is 1. The SMILES string of the molecule is CN(CC(=O)O)CC1CN(C2CCCc3ccccc32)CCO1. The number of likely N-dealkylation sites (N-methyl/N-ethyl adjacent to an activating group) is 1. The molecule has 1 fully saturated rings. The second-order valence-electron chi connectivity index (χ2n) is 6.69. The number of aliphatic carboxylic acids is 1. The van der Waals surface area contributed by atoms with Gasteiger partial charge in [0.25, 0.3) is 0 Å². The summed E-state index contributed by atoms with van der Waals surface area (Å²) in [6.45, 7) is 3.29. The Bertz CT molecular complexity index is 549. The van der Waals surface area contributed by atoms with Crippen LogP contribution >= 0.6 is 0 Å². The third kappa shape index (κ3) is 4.10. The minimum absolute atomic E-state index is 0.0616. The zero-order valence-electron chi connectivity index (χ0n) is 13.8. The molecule has 1 aliphatic heterocycles. The van der Waals surface area contributed by atoms with Gasteiger partial charge < -0.3 is 9.84 Å². The normalized spacial score (nSPS) is 25.3. The number of ether oxygens (including phenoxy) is 1. The van der Waals surface area contributed by atoms with E-state index in [0.29, 0.717) is 12.6 Å². The molecule has 5 nitrogen and oxygen atoms in total. The molecule has 0 bridgehead atoms. The molecule has 2 atom stereocenters. The van der Waals surface area contributed by atoms with Gasteiger partial charge in [-0.2, -0.15) is 0 Å². The highest BCUT2D eigenvalue weighted by Crippen LogP contribution is 2.35. The Morgan fingerprint density at radius 3 is 3.09 bits per heavy atom. The van der Waals surface area contributed by atoms with Crippen molar-refractivity contribution in [2.24, 2.45) is 0 Å². The number of aryl methyl sites for hydroxylation is 1. The largest absolute Gasteiger partial charge is 0.480 e. The number of carboxylic acids is 1. The van der Waals surface area contributed by atoms with Crippen LogP contribution in [0.1, 0.15) is 30.0 Å². The van der Waals surface area contributed by atoms with Crippen molar-refractivity contribution in [3.05, 3.63) is 35.4 Å². The van der Waals surface area contributed by atoms with E-state index in [1.165, 1.54) is 30.4 Å². The van der Waals surface area contributed by atoms with Crippen LogP contribution in [-0.2, 0) is 16.0 Å². The van der Waals surface area contributed by atoms with Crippen molar-refractivity contribution in [3.63, 3.8) is 0 Å². The summed E-state index contributed by atoms with van der Waals surface area (Å²) in [6.07, 6.45) is 3.71. The molecule has 5 heteroatoms. The van der Waals surface area contributed by atoms with Crippen LogP contribution in [0.3, 0.4) is 0 Å². The van der Waals surface area contributed by atoms with Crippen molar-refractivity contribution in [1.82, 2.24) is 9.80 Å². The lowest BCUT2D eigenvalue weighted by Crippen LogP contribution is -2.49. The fourth-order valence-electron chi connectivity index (χ4n) is 3.89. The van der Waals surface area contributed by atoms with E-state index >= 15 is 0 Å². The average Bonchev–Trinajstić information content (AvgIpc) is 2.53. The van der Waals surface area contributed by atoms with Crippen LogP contribution in [-0.4, -0.2) is 66.8 Å². The summed E-state index contributed by atoms with van der Waals surface area (Å²) in [5, 5.41) is 8.89. The molecule has 2 aliphatic rings. The van der Waals surface area contributed by atoms with Crippen LogP contribution in [0.25, 0.3) is 0 Å². The van der Waals surface area contributed by atoms with Crippen molar-refractivity contribution in [1.29, 1.82) is 0 Å². The highest BCUT2D eigenvalue weighted by atomic mass is 16.5. The highest BCUT2D eigenvalue weighted by molar-refractivity contribution is 5.69. The first-order chi connectivity index (χ1) is 11.1. The maximum absolute atomic E-state index is 10.8. The molecule has 3 rings (SSSR count). The van der Waals surface area contributed by atoms with Gasteiger partial charge in [-0.25, -0.2) is 0 Å². The highest BCUT2D eigenvalue weighted by Gasteiger charge is 2.30. The summed E-state index contributed by atoms with van der Waals surface area (Å²) < 4.78 is 5.86. The molecule has 0 amide bonds. The second kappa shape index (κ2) is 7.43. The molecular formula is C18H26N2O3. The van der Waals surface area contributed by atoms with Gasteiger partial charge in [-0.15, -0.1) is 0 Å². The van der Waals surface area contributed by atoms with Gasteiger partial charge in [0.05, 0.1) is 19.3 Å². The van der Waals surface area contributed by atoms with Gasteiger partial charge in [0.1, 0.15) is 0 Å². The van der Waals surface area contributed by atoms with Crippen molar-refractivity contribution in [2.45, 2.75) is 31.4 Å². The van der Waals surface area contributed by atoms with E-state index in [0.717, 1.165) is 19.7 Å². The van der Waals surface area contributed by atoms with Crippen LogP contribution < -0.4 is 0 Å². The van der Waals surface area contributed by atoms with Gasteiger partial charge in [0.2, 0.25) is 0 Å². The third-order valence-electron chi connectivity index (χ3n) is 4.87. The molecule has 0 spiro atoms. The number of fused-ring (bicyclic) bond motifs is 1. The van der Waals surface area contributed by atoms with Gasteiger partial charge in [-0.3, -0.25) is 14.6 Å². The predicted octanol–water partition coefficient (Wildman–Crippen LogP) is 1.78. The molecule has 1 aromatic carbocycles. The van der Waals surface area contributed by atoms with Gasteiger partial charge in [0.15, 0.2) is 0 Å². The number of carboxylic acid groups (broad SMARTS) is 1. The van der Waals surface area contributed by atoms with Crippen molar-refractivity contribution in [2.75, 3.05) is 39.8 Å². The number of nitrogens with zero attached hydrogens (tertiary/aromatic N) is 2. The number of hydrogen-bond acceptors (Lipinski definition) is 4. The summed E-state index contributed by atoms with van der Waals surface area (Å²) in [5.41, 5.74) is 2.95. The van der Waals surface area contributed by atoms with E-state index in [2.05, 4.69) is 29.2 Å². The first-order valence-corrected chi connectivity index (χ1v) is 8.47. The molecule has 1 aliphatic carbocycles. The van der Waals surface area contributed by atoms with Crippen LogP contribution in [0.15, 0.2) is 24.3 Å². The first kappa shape index (κ1) is 16.4.